The minimum absolute atomic E-state index is 0.0916. The minimum Gasteiger partial charge on any atom is -0.282 e. The Morgan fingerprint density at radius 2 is 1.31 bits per heavy atom. The fourth-order valence-electron chi connectivity index (χ4n) is 5.15. The van der Waals surface area contributed by atoms with Gasteiger partial charge in [-0.25, -0.2) is 9.34 Å². The van der Waals surface area contributed by atoms with Crippen LogP contribution in [0.3, 0.4) is 0 Å². The minimum atomic E-state index is -3.46. The second-order valence-corrected chi connectivity index (χ2v) is 10.2. The second-order valence-electron chi connectivity index (χ2n) is 8.04. The van der Waals surface area contributed by atoms with E-state index in [9.17, 15) is 10.1 Å². The standard InChI is InChI=1S/C22H28N5OP/c1-17(19-11-5-3-6-12-19)26-21-15-9-10-16-22(21)27(29(26,28)25-24-23)18(2)20-13-7-4-8-14-20/h3-8,11-14,17-18,21-22H,9-10,15-16H2,1-2H3/t17-,18-,21+,22+/m1/s1. The van der Waals surface area contributed by atoms with Gasteiger partial charge in [0, 0.05) is 34.0 Å². The zero-order valence-corrected chi connectivity index (χ0v) is 17.9. The first-order valence-electron chi connectivity index (χ1n) is 10.4. The van der Waals surface area contributed by atoms with Crippen LogP contribution in [0, 0.1) is 0 Å². The van der Waals surface area contributed by atoms with Crippen molar-refractivity contribution >= 4 is 7.59 Å². The third kappa shape index (κ3) is 3.51. The molecule has 2 aromatic rings. The molecule has 1 heterocycles. The summed E-state index contributed by atoms with van der Waals surface area (Å²) in [6.45, 7) is 4.16. The smallest absolute Gasteiger partial charge is 0.282 e. The molecule has 29 heavy (non-hydrogen) atoms. The molecular formula is C22H28N5OP. The zero-order chi connectivity index (χ0) is 20.4. The summed E-state index contributed by atoms with van der Waals surface area (Å²) in [4.78, 5) is 7.10. The number of nitrogens with zero attached hydrogens (tertiary/aromatic N) is 5. The number of rotatable bonds is 5. The molecule has 1 aliphatic heterocycles. The van der Waals surface area contributed by atoms with Gasteiger partial charge >= 0.3 is 7.59 Å². The van der Waals surface area contributed by atoms with Crippen molar-refractivity contribution in [1.82, 2.24) is 9.34 Å². The maximum atomic E-state index is 14.5. The third-order valence-electron chi connectivity index (χ3n) is 6.49. The first-order valence-corrected chi connectivity index (χ1v) is 12.0. The predicted octanol–water partition coefficient (Wildman–Crippen LogP) is 6.86. The zero-order valence-electron chi connectivity index (χ0n) is 17.0. The van der Waals surface area contributed by atoms with Crippen LogP contribution in [0.15, 0.2) is 65.5 Å². The van der Waals surface area contributed by atoms with Crippen LogP contribution in [-0.2, 0) is 4.57 Å². The number of hydrogen-bond donors (Lipinski definition) is 0. The average Bonchev–Trinajstić information content (AvgIpc) is 3.02. The van der Waals surface area contributed by atoms with Gasteiger partial charge < -0.3 is 0 Å². The Morgan fingerprint density at radius 3 is 1.69 bits per heavy atom. The summed E-state index contributed by atoms with van der Waals surface area (Å²) in [5.41, 5.74) is 11.6. The topological polar surface area (TPSA) is 72.3 Å². The Labute approximate surface area is 172 Å². The van der Waals surface area contributed by atoms with E-state index in [0.29, 0.717) is 0 Å². The molecule has 0 spiro atoms. The molecule has 0 amide bonds. The molecule has 1 saturated heterocycles. The van der Waals surface area contributed by atoms with Gasteiger partial charge in [0.05, 0.1) is 0 Å². The first kappa shape index (κ1) is 20.2. The van der Waals surface area contributed by atoms with Gasteiger partial charge in [0.2, 0.25) is 0 Å². The molecule has 0 N–H and O–H groups in total. The molecule has 4 rings (SSSR count). The van der Waals surface area contributed by atoms with Crippen molar-refractivity contribution in [2.24, 2.45) is 4.88 Å². The van der Waals surface area contributed by atoms with Crippen molar-refractivity contribution in [3.05, 3.63) is 82.2 Å². The number of fused-ring (bicyclic) bond motifs is 1. The highest BCUT2D eigenvalue weighted by molar-refractivity contribution is 7.57. The fraction of sp³-hybridized carbons (Fsp3) is 0.455. The highest BCUT2D eigenvalue weighted by Gasteiger charge is 2.58. The predicted molar refractivity (Wildman–Crippen MR) is 116 cm³/mol. The Morgan fingerprint density at radius 1 is 0.897 bits per heavy atom. The van der Waals surface area contributed by atoms with Crippen LogP contribution in [0.4, 0.5) is 0 Å². The lowest BCUT2D eigenvalue weighted by atomic mass is 9.88. The van der Waals surface area contributed by atoms with E-state index in [-0.39, 0.29) is 24.2 Å². The number of benzene rings is 2. The third-order valence-corrected chi connectivity index (χ3v) is 9.29. The van der Waals surface area contributed by atoms with E-state index in [1.807, 2.05) is 45.7 Å². The lowest BCUT2D eigenvalue weighted by Crippen LogP contribution is -2.41. The normalized spacial score (nSPS) is 26.3. The van der Waals surface area contributed by atoms with Gasteiger partial charge in [0.1, 0.15) is 0 Å². The lowest BCUT2D eigenvalue weighted by molar-refractivity contribution is 0.166. The van der Waals surface area contributed by atoms with Crippen molar-refractivity contribution in [1.29, 1.82) is 0 Å². The molecule has 0 bridgehead atoms. The van der Waals surface area contributed by atoms with Crippen LogP contribution in [-0.4, -0.2) is 21.4 Å². The van der Waals surface area contributed by atoms with Crippen LogP contribution in [0.1, 0.15) is 62.7 Å². The molecule has 0 radical (unpaired) electrons. The Kier molecular flexibility index (Phi) is 5.80. The molecule has 0 aromatic heterocycles. The molecule has 152 valence electrons. The number of azide groups is 1. The van der Waals surface area contributed by atoms with Crippen LogP contribution in [0.25, 0.3) is 10.4 Å². The van der Waals surface area contributed by atoms with Gasteiger partial charge in [-0.1, -0.05) is 73.5 Å². The van der Waals surface area contributed by atoms with Crippen molar-refractivity contribution in [3.8, 4) is 0 Å². The van der Waals surface area contributed by atoms with Gasteiger partial charge in [-0.2, -0.15) is 0 Å². The van der Waals surface area contributed by atoms with E-state index >= 15 is 0 Å². The monoisotopic (exact) mass is 409 g/mol. The maximum Gasteiger partial charge on any atom is 0.304 e. The summed E-state index contributed by atoms with van der Waals surface area (Å²) in [5.74, 6) is 0. The van der Waals surface area contributed by atoms with Crippen LogP contribution < -0.4 is 0 Å². The van der Waals surface area contributed by atoms with Crippen molar-refractivity contribution in [2.75, 3.05) is 0 Å². The van der Waals surface area contributed by atoms with Gasteiger partial charge in [-0.3, -0.25) is 4.57 Å². The molecule has 2 aromatic carbocycles. The second kappa shape index (κ2) is 8.33. The summed E-state index contributed by atoms with van der Waals surface area (Å²) in [6, 6.07) is 20.3. The van der Waals surface area contributed by atoms with Gasteiger partial charge in [-0.05, 0) is 43.3 Å². The van der Waals surface area contributed by atoms with E-state index < -0.39 is 7.59 Å². The molecule has 6 nitrogen and oxygen atoms in total. The molecular weight excluding hydrogens is 381 g/mol. The molecule has 1 aliphatic carbocycles. The van der Waals surface area contributed by atoms with Gasteiger partial charge in [0.25, 0.3) is 0 Å². The highest BCUT2D eigenvalue weighted by atomic mass is 31.2. The molecule has 2 aliphatic rings. The summed E-state index contributed by atoms with van der Waals surface area (Å²) in [7, 11) is -3.46. The Bertz CT molecular complexity index is 865. The Hall–Kier alpha value is -2.10. The van der Waals surface area contributed by atoms with E-state index in [0.717, 1.165) is 36.8 Å². The fourth-order valence-corrected chi connectivity index (χ4v) is 8.16. The molecule has 1 saturated carbocycles. The highest BCUT2D eigenvalue weighted by Crippen LogP contribution is 2.69. The molecule has 0 unspecified atom stereocenters. The first-order chi connectivity index (χ1) is 14.1. The lowest BCUT2D eigenvalue weighted by Gasteiger charge is -2.35. The summed E-state index contributed by atoms with van der Waals surface area (Å²) in [6.07, 6.45) is 4.18. The summed E-state index contributed by atoms with van der Waals surface area (Å²) >= 11 is 0. The SMILES string of the molecule is C[C@H](c1ccccc1)N1[C@H]2CCCC[C@@H]2N([C@H](C)c2ccccc2)P1(=O)N=[N+]=[N-]. The van der Waals surface area contributed by atoms with Gasteiger partial charge in [0.15, 0.2) is 0 Å². The largest absolute Gasteiger partial charge is 0.304 e. The van der Waals surface area contributed by atoms with Crippen LogP contribution in [0.5, 0.6) is 0 Å². The van der Waals surface area contributed by atoms with E-state index in [4.69, 9.17) is 0 Å². The summed E-state index contributed by atoms with van der Waals surface area (Å²) in [5, 5.41) is 0. The quantitative estimate of drug-likeness (QED) is 0.234. The van der Waals surface area contributed by atoms with Gasteiger partial charge in [-0.15, -0.1) is 0 Å². The summed E-state index contributed by atoms with van der Waals surface area (Å²) < 4.78 is 18.6. The molecule has 4 atom stereocenters. The number of hydrogen-bond acceptors (Lipinski definition) is 1. The van der Waals surface area contributed by atoms with Crippen molar-refractivity contribution in [3.63, 3.8) is 0 Å². The maximum absolute atomic E-state index is 14.5. The van der Waals surface area contributed by atoms with E-state index in [2.05, 4.69) is 47.9 Å². The van der Waals surface area contributed by atoms with Crippen LogP contribution in [0.2, 0.25) is 0 Å². The molecule has 2 fully saturated rings. The van der Waals surface area contributed by atoms with Crippen molar-refractivity contribution in [2.45, 2.75) is 63.7 Å². The van der Waals surface area contributed by atoms with Crippen LogP contribution >= 0.6 is 7.59 Å². The van der Waals surface area contributed by atoms with Crippen molar-refractivity contribution < 1.29 is 4.57 Å². The average molecular weight is 409 g/mol. The Balaban J connectivity index is 1.82. The van der Waals surface area contributed by atoms with E-state index in [1.54, 1.807) is 0 Å². The van der Waals surface area contributed by atoms with E-state index in [1.165, 1.54) is 0 Å². The molecule has 7 heteroatoms.